The number of benzene rings is 1. The van der Waals surface area contributed by atoms with Crippen LogP contribution in [0.15, 0.2) is 24.3 Å². The lowest BCUT2D eigenvalue weighted by molar-refractivity contribution is -0.133. The third-order valence-corrected chi connectivity index (χ3v) is 4.49. The summed E-state index contributed by atoms with van der Waals surface area (Å²) < 4.78 is 40.8. The molecule has 1 heterocycles. The molecular weight excluding hydrogens is 273 g/mol. The van der Waals surface area contributed by atoms with E-state index in [1.807, 2.05) is 0 Å². The Labute approximate surface area is 110 Å². The summed E-state index contributed by atoms with van der Waals surface area (Å²) in [7, 11) is -3.02. The highest BCUT2D eigenvalue weighted by atomic mass is 32.2. The zero-order chi connectivity index (χ0) is 13.9. The predicted octanol–water partition coefficient (Wildman–Crippen LogP) is 0.462. The summed E-state index contributed by atoms with van der Waals surface area (Å²) in [4.78, 5) is 13.2. The summed E-state index contributed by atoms with van der Waals surface area (Å²) in [5, 5.41) is 0. The molecule has 1 aliphatic rings. The van der Waals surface area contributed by atoms with Crippen LogP contribution < -0.4 is 4.74 Å². The monoisotopic (exact) mass is 287 g/mol. The molecule has 7 heteroatoms. The number of nitrogens with zero attached hydrogens (tertiary/aromatic N) is 1. The van der Waals surface area contributed by atoms with Crippen molar-refractivity contribution in [3.63, 3.8) is 0 Å². The Balaban J connectivity index is 1.87. The lowest BCUT2D eigenvalue weighted by atomic mass is 10.3. The molecule has 0 aliphatic carbocycles. The average Bonchev–Trinajstić information content (AvgIpc) is 2.37. The zero-order valence-electron chi connectivity index (χ0n) is 10.2. The second-order valence-electron chi connectivity index (χ2n) is 4.25. The molecule has 19 heavy (non-hydrogen) atoms. The molecule has 0 saturated carbocycles. The van der Waals surface area contributed by atoms with Crippen molar-refractivity contribution in [2.45, 2.75) is 0 Å². The van der Waals surface area contributed by atoms with E-state index in [-0.39, 0.29) is 42.9 Å². The fraction of sp³-hybridized carbons (Fsp3) is 0.417. The van der Waals surface area contributed by atoms with Gasteiger partial charge in [0.15, 0.2) is 28.0 Å². The highest BCUT2D eigenvalue weighted by molar-refractivity contribution is 7.91. The summed E-state index contributed by atoms with van der Waals surface area (Å²) in [6, 6.07) is 5.81. The van der Waals surface area contributed by atoms with Gasteiger partial charge in [-0.15, -0.1) is 0 Å². The van der Waals surface area contributed by atoms with Gasteiger partial charge in [0.2, 0.25) is 0 Å². The minimum Gasteiger partial charge on any atom is -0.481 e. The van der Waals surface area contributed by atoms with E-state index >= 15 is 0 Å². The van der Waals surface area contributed by atoms with E-state index in [0.717, 1.165) is 0 Å². The molecule has 104 valence electrons. The van der Waals surface area contributed by atoms with Gasteiger partial charge in [-0.2, -0.15) is 0 Å². The van der Waals surface area contributed by atoms with Crippen molar-refractivity contribution in [3.8, 4) is 5.75 Å². The number of carbonyl (C=O) groups excluding carboxylic acids is 1. The van der Waals surface area contributed by atoms with Crippen molar-refractivity contribution in [3.05, 3.63) is 30.1 Å². The van der Waals surface area contributed by atoms with Gasteiger partial charge in [0.1, 0.15) is 0 Å². The average molecular weight is 287 g/mol. The number of hydrogen-bond acceptors (Lipinski definition) is 4. The van der Waals surface area contributed by atoms with E-state index in [2.05, 4.69) is 0 Å². The van der Waals surface area contributed by atoms with E-state index in [1.54, 1.807) is 6.07 Å². The number of ether oxygens (including phenoxy) is 1. The number of para-hydroxylation sites is 1. The van der Waals surface area contributed by atoms with Crippen LogP contribution in [-0.2, 0) is 14.6 Å². The first-order valence-corrected chi connectivity index (χ1v) is 7.65. The molecule has 0 aromatic heterocycles. The van der Waals surface area contributed by atoms with Gasteiger partial charge in [-0.05, 0) is 12.1 Å². The maximum absolute atomic E-state index is 13.3. The summed E-state index contributed by atoms with van der Waals surface area (Å²) in [5.41, 5.74) is 0. The molecule has 1 aromatic carbocycles. The Bertz CT molecular complexity index is 559. The fourth-order valence-electron chi connectivity index (χ4n) is 1.75. The Kier molecular flexibility index (Phi) is 4.04. The molecule has 0 unspecified atom stereocenters. The Morgan fingerprint density at radius 2 is 1.89 bits per heavy atom. The summed E-state index contributed by atoms with van der Waals surface area (Å²) in [6.45, 7) is 0.0462. The summed E-state index contributed by atoms with van der Waals surface area (Å²) >= 11 is 0. The molecule has 0 N–H and O–H groups in total. The molecule has 1 fully saturated rings. The highest BCUT2D eigenvalue weighted by Gasteiger charge is 2.25. The lowest BCUT2D eigenvalue weighted by Gasteiger charge is -2.26. The molecule has 2 rings (SSSR count). The molecule has 0 spiro atoms. The van der Waals surface area contributed by atoms with E-state index in [0.29, 0.717) is 0 Å². The van der Waals surface area contributed by atoms with Crippen LogP contribution in [0, 0.1) is 5.82 Å². The second kappa shape index (κ2) is 5.56. The van der Waals surface area contributed by atoms with Crippen molar-refractivity contribution in [2.75, 3.05) is 31.2 Å². The van der Waals surface area contributed by atoms with Gasteiger partial charge < -0.3 is 9.64 Å². The van der Waals surface area contributed by atoms with Crippen LogP contribution in [0.3, 0.4) is 0 Å². The first kappa shape index (κ1) is 13.8. The molecule has 1 saturated heterocycles. The number of carbonyl (C=O) groups is 1. The minimum atomic E-state index is -3.02. The molecule has 1 aromatic rings. The maximum atomic E-state index is 13.3. The van der Waals surface area contributed by atoms with Gasteiger partial charge in [0.25, 0.3) is 5.91 Å². The number of amides is 1. The van der Waals surface area contributed by atoms with Gasteiger partial charge in [-0.1, -0.05) is 12.1 Å². The first-order chi connectivity index (χ1) is 8.98. The topological polar surface area (TPSA) is 63.7 Å². The van der Waals surface area contributed by atoms with Crippen LogP contribution in [0.2, 0.25) is 0 Å². The van der Waals surface area contributed by atoms with Crippen molar-refractivity contribution < 1.29 is 22.3 Å². The van der Waals surface area contributed by atoms with E-state index in [4.69, 9.17) is 4.74 Å². The highest BCUT2D eigenvalue weighted by Crippen LogP contribution is 2.15. The zero-order valence-corrected chi connectivity index (χ0v) is 11.0. The van der Waals surface area contributed by atoms with Crippen molar-refractivity contribution >= 4 is 15.7 Å². The molecule has 1 amide bonds. The van der Waals surface area contributed by atoms with Gasteiger partial charge in [-0.3, -0.25) is 4.79 Å². The minimum absolute atomic E-state index is 0.0143. The van der Waals surface area contributed by atoms with Gasteiger partial charge in [0, 0.05) is 13.1 Å². The number of halogens is 1. The van der Waals surface area contributed by atoms with Crippen LogP contribution >= 0.6 is 0 Å². The third-order valence-electron chi connectivity index (χ3n) is 2.88. The van der Waals surface area contributed by atoms with Crippen LogP contribution in [-0.4, -0.2) is 50.4 Å². The Morgan fingerprint density at radius 1 is 1.26 bits per heavy atom. The first-order valence-electron chi connectivity index (χ1n) is 5.83. The molecule has 0 radical (unpaired) electrons. The second-order valence-corrected chi connectivity index (χ2v) is 6.56. The normalized spacial score (nSPS) is 18.1. The number of sulfone groups is 1. The van der Waals surface area contributed by atoms with E-state index in [1.165, 1.54) is 23.1 Å². The molecule has 0 bridgehead atoms. The molecule has 1 aliphatic heterocycles. The fourth-order valence-corrected chi connectivity index (χ4v) is 2.96. The van der Waals surface area contributed by atoms with Gasteiger partial charge in [0.05, 0.1) is 11.5 Å². The van der Waals surface area contributed by atoms with Crippen LogP contribution in [0.1, 0.15) is 0 Å². The number of rotatable bonds is 3. The maximum Gasteiger partial charge on any atom is 0.260 e. The molecule has 5 nitrogen and oxygen atoms in total. The SMILES string of the molecule is O=C(COc1ccccc1F)N1CCS(=O)(=O)CC1. The van der Waals surface area contributed by atoms with Crippen LogP contribution in [0.4, 0.5) is 4.39 Å². The van der Waals surface area contributed by atoms with Crippen molar-refractivity contribution in [1.29, 1.82) is 0 Å². The van der Waals surface area contributed by atoms with E-state index in [9.17, 15) is 17.6 Å². The van der Waals surface area contributed by atoms with Crippen molar-refractivity contribution in [1.82, 2.24) is 4.90 Å². The van der Waals surface area contributed by atoms with Crippen molar-refractivity contribution in [2.24, 2.45) is 0 Å². The summed E-state index contributed by atoms with van der Waals surface area (Å²) in [6.07, 6.45) is 0. The molecular formula is C12H14FNO4S. The molecule has 0 atom stereocenters. The quantitative estimate of drug-likeness (QED) is 0.810. The summed E-state index contributed by atoms with van der Waals surface area (Å²) in [5.74, 6) is -0.910. The van der Waals surface area contributed by atoms with Gasteiger partial charge >= 0.3 is 0 Å². The van der Waals surface area contributed by atoms with Gasteiger partial charge in [-0.25, -0.2) is 12.8 Å². The van der Waals surface area contributed by atoms with E-state index < -0.39 is 15.7 Å². The van der Waals surface area contributed by atoms with Crippen LogP contribution in [0.25, 0.3) is 0 Å². The standard InChI is InChI=1S/C12H14FNO4S/c13-10-3-1-2-4-11(10)18-9-12(15)14-5-7-19(16,17)8-6-14/h1-4H,5-9H2. The number of hydrogen-bond donors (Lipinski definition) is 0. The smallest absolute Gasteiger partial charge is 0.260 e. The Morgan fingerprint density at radius 3 is 2.53 bits per heavy atom. The largest absolute Gasteiger partial charge is 0.481 e. The van der Waals surface area contributed by atoms with Crippen LogP contribution in [0.5, 0.6) is 5.75 Å². The lowest BCUT2D eigenvalue weighted by Crippen LogP contribution is -2.45. The Hall–Kier alpha value is -1.63. The predicted molar refractivity (Wildman–Crippen MR) is 67.1 cm³/mol. The third kappa shape index (κ3) is 3.66.